The zero-order chi connectivity index (χ0) is 29.3. The number of carbonyl (C=O) groups excluding carboxylic acids is 1. The molecule has 0 aromatic heterocycles. The van der Waals surface area contributed by atoms with E-state index in [1.54, 1.807) is 36.0 Å². The van der Waals surface area contributed by atoms with Gasteiger partial charge in [0.2, 0.25) is 5.91 Å². The minimum Gasteiger partial charge on any atom is -0.497 e. The summed E-state index contributed by atoms with van der Waals surface area (Å²) in [5.74, 6) is 2.00. The maximum absolute atomic E-state index is 13.9. The number of rotatable bonds is 14. The van der Waals surface area contributed by atoms with Gasteiger partial charge in [0.15, 0.2) is 11.5 Å². The van der Waals surface area contributed by atoms with Gasteiger partial charge in [-0.15, -0.1) is 0 Å². The molecule has 0 bridgehead atoms. The number of sulfonamides is 1. The molecule has 3 rings (SSSR count). The van der Waals surface area contributed by atoms with Crippen molar-refractivity contribution < 1.29 is 32.2 Å². The number of thioether (sulfide) groups is 1. The van der Waals surface area contributed by atoms with Gasteiger partial charge in [0.1, 0.15) is 18.0 Å². The number of ether oxygens (including phenoxy) is 4. The zero-order valence-corrected chi connectivity index (χ0v) is 25.5. The van der Waals surface area contributed by atoms with Crippen LogP contribution < -0.4 is 28.6 Å². The van der Waals surface area contributed by atoms with Gasteiger partial charge in [-0.3, -0.25) is 9.10 Å². The number of nitrogens with one attached hydrogen (secondary N) is 1. The molecule has 1 N–H and O–H groups in total. The Hall–Kier alpha value is -2.99. The van der Waals surface area contributed by atoms with Crippen LogP contribution in [0.4, 0.5) is 5.69 Å². The van der Waals surface area contributed by atoms with Crippen molar-refractivity contribution in [3.8, 4) is 23.0 Å². The Balaban J connectivity index is 1.81. The van der Waals surface area contributed by atoms with Crippen LogP contribution in [0.1, 0.15) is 5.56 Å². The summed E-state index contributed by atoms with van der Waals surface area (Å²) in [4.78, 5) is 12.9. The van der Waals surface area contributed by atoms with Crippen molar-refractivity contribution in [2.24, 2.45) is 0 Å². The smallest absolute Gasteiger partial charge is 0.265 e. The second kappa shape index (κ2) is 14.6. The number of hydrogen-bond acceptors (Lipinski definition) is 8. The largest absolute Gasteiger partial charge is 0.497 e. The fourth-order valence-electron chi connectivity index (χ4n) is 3.66. The minimum absolute atomic E-state index is 0.0972. The first kappa shape index (κ1) is 31.5. The van der Waals surface area contributed by atoms with Gasteiger partial charge in [-0.1, -0.05) is 29.3 Å². The predicted molar refractivity (Wildman–Crippen MR) is 159 cm³/mol. The quantitative estimate of drug-likeness (QED) is 0.241. The number of nitrogens with zero attached hydrogens (tertiary/aromatic N) is 1. The summed E-state index contributed by atoms with van der Waals surface area (Å²) in [5.41, 5.74) is 1.14. The van der Waals surface area contributed by atoms with Gasteiger partial charge < -0.3 is 24.3 Å². The molecule has 0 heterocycles. The Morgan fingerprint density at radius 3 is 2.20 bits per heavy atom. The summed E-state index contributed by atoms with van der Waals surface area (Å²) < 4.78 is 50.1. The van der Waals surface area contributed by atoms with Crippen LogP contribution in [0, 0.1) is 0 Å². The van der Waals surface area contributed by atoms with Crippen molar-refractivity contribution in [3.05, 3.63) is 70.2 Å². The van der Waals surface area contributed by atoms with Gasteiger partial charge in [0.05, 0.1) is 49.1 Å². The first-order chi connectivity index (χ1) is 19.1. The number of amides is 1. The molecule has 0 unspecified atom stereocenters. The van der Waals surface area contributed by atoms with Gasteiger partial charge in [-0.2, -0.15) is 11.8 Å². The van der Waals surface area contributed by atoms with E-state index >= 15 is 0 Å². The lowest BCUT2D eigenvalue weighted by atomic mass is 10.2. The molecular weight excluding hydrogens is 599 g/mol. The molecule has 0 atom stereocenters. The number of hydrogen-bond donors (Lipinski definition) is 1. The minimum atomic E-state index is -4.27. The molecule has 0 aliphatic rings. The predicted octanol–water partition coefficient (Wildman–Crippen LogP) is 5.27. The lowest BCUT2D eigenvalue weighted by Crippen LogP contribution is -2.41. The standard InChI is InChI=1S/C27H30Cl2N2O7S2/c1-35-19-6-9-24(36-2)23(14-19)31(40(33,34)20-7-10-25(37-3)26(15-20)38-4)16-27(32)30-11-12-39-17-18-5-8-21(28)22(29)13-18/h5-10,13-15H,11-12,16-17H2,1-4H3,(H,30,32). The number of carbonyl (C=O) groups is 1. The summed E-state index contributed by atoms with van der Waals surface area (Å²) in [6.07, 6.45) is 0. The van der Waals surface area contributed by atoms with E-state index in [1.165, 1.54) is 52.7 Å². The van der Waals surface area contributed by atoms with Crippen LogP contribution in [0.5, 0.6) is 23.0 Å². The Labute approximate surface area is 248 Å². The molecule has 3 aromatic carbocycles. The third kappa shape index (κ3) is 7.81. The lowest BCUT2D eigenvalue weighted by Gasteiger charge is -2.26. The summed E-state index contributed by atoms with van der Waals surface area (Å²) in [6.45, 7) is -0.179. The Bertz CT molecular complexity index is 1440. The maximum atomic E-state index is 13.9. The van der Waals surface area contributed by atoms with E-state index in [-0.39, 0.29) is 22.1 Å². The lowest BCUT2D eigenvalue weighted by molar-refractivity contribution is -0.119. The monoisotopic (exact) mass is 628 g/mol. The average molecular weight is 630 g/mol. The topological polar surface area (TPSA) is 103 Å². The van der Waals surface area contributed by atoms with Crippen LogP contribution in [0.3, 0.4) is 0 Å². The van der Waals surface area contributed by atoms with E-state index in [9.17, 15) is 13.2 Å². The van der Waals surface area contributed by atoms with Crippen LogP contribution in [0.15, 0.2) is 59.5 Å². The third-order valence-corrected chi connectivity index (χ3v) is 9.23. The van der Waals surface area contributed by atoms with Crippen LogP contribution in [-0.2, 0) is 20.6 Å². The van der Waals surface area contributed by atoms with E-state index in [1.807, 2.05) is 6.07 Å². The maximum Gasteiger partial charge on any atom is 0.265 e. The van der Waals surface area contributed by atoms with Crippen molar-refractivity contribution in [1.82, 2.24) is 5.32 Å². The van der Waals surface area contributed by atoms with Crippen LogP contribution in [0.2, 0.25) is 10.0 Å². The molecule has 3 aromatic rings. The van der Waals surface area contributed by atoms with Gasteiger partial charge in [-0.05, 0) is 42.0 Å². The van der Waals surface area contributed by atoms with Gasteiger partial charge in [0.25, 0.3) is 10.0 Å². The van der Waals surface area contributed by atoms with Crippen molar-refractivity contribution in [3.63, 3.8) is 0 Å². The summed E-state index contributed by atoms with van der Waals surface area (Å²) >= 11 is 13.6. The molecule has 0 spiro atoms. The van der Waals surface area contributed by atoms with Gasteiger partial charge in [-0.25, -0.2) is 8.42 Å². The highest BCUT2D eigenvalue weighted by Crippen LogP contribution is 2.37. The second-order valence-electron chi connectivity index (χ2n) is 8.22. The molecule has 0 radical (unpaired) electrons. The molecule has 9 nitrogen and oxygen atoms in total. The van der Waals surface area contributed by atoms with E-state index < -0.39 is 22.5 Å². The highest BCUT2D eigenvalue weighted by Gasteiger charge is 2.31. The molecule has 40 heavy (non-hydrogen) atoms. The highest BCUT2D eigenvalue weighted by atomic mass is 35.5. The summed E-state index contributed by atoms with van der Waals surface area (Å²) in [5, 5.41) is 3.76. The zero-order valence-electron chi connectivity index (χ0n) is 22.4. The number of benzene rings is 3. The molecule has 1 amide bonds. The average Bonchev–Trinajstić information content (AvgIpc) is 2.96. The van der Waals surface area contributed by atoms with E-state index in [0.29, 0.717) is 39.6 Å². The highest BCUT2D eigenvalue weighted by molar-refractivity contribution is 7.98. The molecular formula is C27H30Cl2N2O7S2. The number of methoxy groups -OCH3 is 4. The number of anilines is 1. The fourth-order valence-corrected chi connectivity index (χ4v) is 6.23. The Morgan fingerprint density at radius 2 is 1.55 bits per heavy atom. The van der Waals surface area contributed by atoms with E-state index in [4.69, 9.17) is 42.1 Å². The molecule has 0 aliphatic carbocycles. The van der Waals surface area contributed by atoms with Gasteiger partial charge in [0, 0.05) is 30.2 Å². The van der Waals surface area contributed by atoms with Crippen LogP contribution in [0.25, 0.3) is 0 Å². The van der Waals surface area contributed by atoms with Crippen molar-refractivity contribution >= 4 is 56.6 Å². The Morgan fingerprint density at radius 1 is 0.850 bits per heavy atom. The summed E-state index contributed by atoms with van der Waals surface area (Å²) in [7, 11) is 1.46. The Kier molecular flexibility index (Phi) is 11.5. The molecule has 0 aliphatic heterocycles. The number of halogens is 2. The molecule has 0 fully saturated rings. The van der Waals surface area contributed by atoms with E-state index in [2.05, 4.69) is 5.32 Å². The van der Waals surface area contributed by atoms with Crippen molar-refractivity contribution in [2.75, 3.05) is 51.6 Å². The summed E-state index contributed by atoms with van der Waals surface area (Å²) in [6, 6.07) is 14.3. The third-order valence-electron chi connectivity index (χ3n) is 5.71. The van der Waals surface area contributed by atoms with Crippen molar-refractivity contribution in [1.29, 1.82) is 0 Å². The molecule has 0 saturated heterocycles. The second-order valence-corrected chi connectivity index (χ2v) is 12.0. The normalized spacial score (nSPS) is 11.1. The molecule has 0 saturated carbocycles. The first-order valence-electron chi connectivity index (χ1n) is 11.9. The van der Waals surface area contributed by atoms with Crippen LogP contribution in [-0.4, -0.2) is 61.6 Å². The molecule has 216 valence electrons. The first-order valence-corrected chi connectivity index (χ1v) is 15.2. The van der Waals surface area contributed by atoms with Crippen LogP contribution >= 0.6 is 35.0 Å². The van der Waals surface area contributed by atoms with E-state index in [0.717, 1.165) is 9.87 Å². The molecule has 13 heteroatoms. The SMILES string of the molecule is COc1ccc(OC)c(N(CC(=O)NCCSCc2ccc(Cl)c(Cl)c2)S(=O)(=O)c2ccc(OC)c(OC)c2)c1. The van der Waals surface area contributed by atoms with Gasteiger partial charge >= 0.3 is 0 Å². The van der Waals surface area contributed by atoms with Crippen molar-refractivity contribution in [2.45, 2.75) is 10.6 Å². The fraction of sp³-hybridized carbons (Fsp3) is 0.296.